The quantitative estimate of drug-likeness (QED) is 0.160. The van der Waals surface area contributed by atoms with E-state index in [0.29, 0.717) is 0 Å². The fraction of sp³-hybridized carbons (Fsp3) is 0.267. The molecule has 0 unspecified atom stereocenters. The number of hydrogen-bond donors (Lipinski definition) is 0. The van der Waals surface area contributed by atoms with Crippen molar-refractivity contribution in [1.29, 1.82) is 0 Å². The second kappa shape index (κ2) is 15.3. The zero-order valence-electron chi connectivity index (χ0n) is 40.3. The van der Waals surface area contributed by atoms with Crippen LogP contribution in [0.3, 0.4) is 0 Å². The lowest BCUT2D eigenvalue weighted by atomic mass is 9.36. The summed E-state index contributed by atoms with van der Waals surface area (Å²) in [5.41, 5.74) is 18.6. The van der Waals surface area contributed by atoms with Crippen molar-refractivity contribution in [3.8, 4) is 0 Å². The highest BCUT2D eigenvalue weighted by atomic mass is 32.1. The van der Waals surface area contributed by atoms with E-state index in [1.807, 2.05) is 11.3 Å². The number of benzene rings is 7. The molecule has 0 saturated heterocycles. The van der Waals surface area contributed by atoms with Gasteiger partial charge in [-0.3, -0.25) is 0 Å². The molecule has 0 radical (unpaired) electrons. The molecular formula is C60H62BN3S. The minimum atomic E-state index is -0.0346. The lowest BCUT2D eigenvalue weighted by Crippen LogP contribution is -2.60. The van der Waals surface area contributed by atoms with E-state index in [4.69, 9.17) is 0 Å². The van der Waals surface area contributed by atoms with Crippen molar-refractivity contribution in [3.05, 3.63) is 180 Å². The van der Waals surface area contributed by atoms with E-state index in [1.54, 1.807) is 0 Å². The van der Waals surface area contributed by atoms with E-state index in [0.717, 1.165) is 22.7 Å². The molecule has 0 fully saturated rings. The number of hydrogen-bond acceptors (Lipinski definition) is 4. The maximum atomic E-state index is 2.62. The third kappa shape index (κ3) is 7.46. The lowest BCUT2D eigenvalue weighted by molar-refractivity contribution is 0.590. The molecule has 0 saturated carbocycles. The molecule has 0 N–H and O–H groups in total. The molecule has 0 aliphatic carbocycles. The van der Waals surface area contributed by atoms with Gasteiger partial charge in [0.05, 0.1) is 11.4 Å². The van der Waals surface area contributed by atoms with Crippen LogP contribution in [0.1, 0.15) is 105 Å². The van der Waals surface area contributed by atoms with Crippen LogP contribution in [0.15, 0.2) is 158 Å². The summed E-state index contributed by atoms with van der Waals surface area (Å²) in [7, 11) is 0. The van der Waals surface area contributed by atoms with Crippen molar-refractivity contribution < 1.29 is 0 Å². The molecule has 2 aliphatic heterocycles. The number of nitrogens with zero attached hydrogens (tertiary/aromatic N) is 3. The van der Waals surface area contributed by atoms with Crippen LogP contribution in [0, 0.1) is 0 Å². The summed E-state index contributed by atoms with van der Waals surface area (Å²) in [4.78, 5) is 7.63. The van der Waals surface area contributed by atoms with E-state index in [9.17, 15) is 0 Å². The predicted molar refractivity (Wildman–Crippen MR) is 285 cm³/mol. The summed E-state index contributed by atoms with van der Waals surface area (Å²) in [6.45, 7) is 27.9. The van der Waals surface area contributed by atoms with Gasteiger partial charge in [0.2, 0.25) is 0 Å². The van der Waals surface area contributed by atoms with Gasteiger partial charge in [0, 0.05) is 54.7 Å². The van der Waals surface area contributed by atoms with E-state index in [1.165, 1.54) is 76.5 Å². The molecule has 65 heavy (non-hydrogen) atoms. The molecule has 0 spiro atoms. The van der Waals surface area contributed by atoms with E-state index >= 15 is 0 Å². The first-order valence-corrected chi connectivity index (χ1v) is 24.2. The Kier molecular flexibility index (Phi) is 10.1. The molecule has 0 atom stereocenters. The number of anilines is 9. The van der Waals surface area contributed by atoms with Crippen LogP contribution in [0.4, 0.5) is 51.2 Å². The minimum absolute atomic E-state index is 0.00827. The van der Waals surface area contributed by atoms with Crippen LogP contribution in [0.25, 0.3) is 10.1 Å². The fourth-order valence-corrected chi connectivity index (χ4v) is 11.2. The topological polar surface area (TPSA) is 9.72 Å². The van der Waals surface area contributed by atoms with Crippen molar-refractivity contribution in [2.45, 2.75) is 105 Å². The Morgan fingerprint density at radius 2 is 0.862 bits per heavy atom. The zero-order chi connectivity index (χ0) is 45.8. The Hall–Kier alpha value is -6.04. The minimum Gasteiger partial charge on any atom is -0.311 e. The normalized spacial score (nSPS) is 13.8. The Morgan fingerprint density at radius 1 is 0.415 bits per heavy atom. The monoisotopic (exact) mass is 867 g/mol. The molecule has 3 heterocycles. The number of para-hydroxylation sites is 2. The molecule has 0 bridgehead atoms. The molecule has 3 nitrogen and oxygen atoms in total. The fourth-order valence-electron chi connectivity index (χ4n) is 9.90. The van der Waals surface area contributed by atoms with E-state index in [2.05, 4.69) is 256 Å². The molecule has 2 aliphatic rings. The SMILES string of the molecule is CC(C)(C)c1ccc(N2c3ccc(C(C)(C)C)cc3B3c4sc5ccc(C(C)(C)C)cc5c4N(c4ccc(C(C)(C)C)cc4)c4cc(N(c5ccccc5)c5ccccc5)cc2c43)cc1. The molecule has 0 amide bonds. The largest absolute Gasteiger partial charge is 0.311 e. The predicted octanol–water partition coefficient (Wildman–Crippen LogP) is 15.6. The average Bonchev–Trinajstić information content (AvgIpc) is 3.64. The van der Waals surface area contributed by atoms with E-state index < -0.39 is 0 Å². The molecular weight excluding hydrogens is 806 g/mol. The van der Waals surface area contributed by atoms with Gasteiger partial charge in [-0.1, -0.05) is 162 Å². The third-order valence-electron chi connectivity index (χ3n) is 13.6. The summed E-state index contributed by atoms with van der Waals surface area (Å²) in [5.74, 6) is 0. The van der Waals surface area contributed by atoms with Gasteiger partial charge in [-0.15, -0.1) is 11.3 Å². The van der Waals surface area contributed by atoms with Crippen LogP contribution in [0.5, 0.6) is 0 Å². The summed E-state index contributed by atoms with van der Waals surface area (Å²) >= 11 is 1.98. The second-order valence-corrected chi connectivity index (χ2v) is 23.5. The van der Waals surface area contributed by atoms with Crippen molar-refractivity contribution in [1.82, 2.24) is 0 Å². The van der Waals surface area contributed by atoms with Gasteiger partial charge in [0.1, 0.15) is 0 Å². The van der Waals surface area contributed by atoms with Crippen LogP contribution >= 0.6 is 11.3 Å². The summed E-state index contributed by atoms with van der Waals surface area (Å²) in [6, 6.07) is 60.1. The number of fused-ring (bicyclic) bond motifs is 6. The molecule has 1 aromatic heterocycles. The zero-order valence-corrected chi connectivity index (χ0v) is 41.2. The lowest BCUT2D eigenvalue weighted by Gasteiger charge is -2.44. The summed E-state index contributed by atoms with van der Waals surface area (Å²) in [5, 5.41) is 1.31. The van der Waals surface area contributed by atoms with Crippen molar-refractivity contribution in [3.63, 3.8) is 0 Å². The summed E-state index contributed by atoms with van der Waals surface area (Å²) in [6.07, 6.45) is 0. The van der Waals surface area contributed by atoms with Gasteiger partial charge in [-0.2, -0.15) is 0 Å². The van der Waals surface area contributed by atoms with Crippen LogP contribution in [0.2, 0.25) is 0 Å². The Balaban J connectivity index is 1.36. The van der Waals surface area contributed by atoms with Gasteiger partial charge < -0.3 is 14.7 Å². The van der Waals surface area contributed by atoms with Crippen molar-refractivity contribution in [2.24, 2.45) is 0 Å². The average molecular weight is 868 g/mol. The molecule has 326 valence electrons. The highest BCUT2D eigenvalue weighted by Gasteiger charge is 2.46. The number of thiophene rings is 1. The van der Waals surface area contributed by atoms with Gasteiger partial charge in [-0.25, -0.2) is 0 Å². The first-order chi connectivity index (χ1) is 30.8. The Morgan fingerprint density at radius 3 is 1.37 bits per heavy atom. The van der Waals surface area contributed by atoms with Gasteiger partial charge in [0.25, 0.3) is 6.71 Å². The van der Waals surface area contributed by atoms with Gasteiger partial charge >= 0.3 is 0 Å². The van der Waals surface area contributed by atoms with E-state index in [-0.39, 0.29) is 28.4 Å². The van der Waals surface area contributed by atoms with Crippen molar-refractivity contribution >= 4 is 95.0 Å². The molecule has 5 heteroatoms. The highest BCUT2D eigenvalue weighted by Crippen LogP contribution is 2.51. The second-order valence-electron chi connectivity index (χ2n) is 22.4. The number of rotatable bonds is 5. The molecule has 8 aromatic rings. The van der Waals surface area contributed by atoms with Gasteiger partial charge in [0.15, 0.2) is 0 Å². The highest BCUT2D eigenvalue weighted by molar-refractivity contribution is 7.33. The standard InChI is InChI=1S/C60H62BN3S/c1-57(2,3)39-23-29-45(30-24-39)63-50-33-27-42(60(10,11)12)36-49(50)61-54-51(63)37-47(62(43-19-15-13-16-20-43)44-21-17-14-18-22-44)38-52(54)64(46-31-25-40(26-32-46)58(4,5)6)55-48-35-41(59(7,8)9)28-34-53(48)65-56(55)61/h13-38H,1-12H3. The first kappa shape index (κ1) is 42.9. The van der Waals surface area contributed by atoms with Crippen LogP contribution in [-0.2, 0) is 21.7 Å². The molecule has 7 aromatic carbocycles. The maximum absolute atomic E-state index is 2.62. The third-order valence-corrected chi connectivity index (χ3v) is 14.9. The Bertz CT molecular complexity index is 3030. The van der Waals surface area contributed by atoms with Crippen LogP contribution in [-0.4, -0.2) is 6.71 Å². The molecule has 10 rings (SSSR count). The smallest absolute Gasteiger partial charge is 0.264 e. The summed E-state index contributed by atoms with van der Waals surface area (Å²) < 4.78 is 2.71. The van der Waals surface area contributed by atoms with Crippen LogP contribution < -0.4 is 30.4 Å². The first-order valence-electron chi connectivity index (χ1n) is 23.4. The Labute approximate surface area is 392 Å². The van der Waals surface area contributed by atoms with Crippen molar-refractivity contribution in [2.75, 3.05) is 14.7 Å². The van der Waals surface area contributed by atoms with Gasteiger partial charge in [-0.05, 0) is 134 Å². The maximum Gasteiger partial charge on any atom is 0.264 e.